The average Bonchev–Trinajstić information content (AvgIpc) is 3.35. The molecule has 1 saturated heterocycles. The van der Waals surface area contributed by atoms with E-state index in [-0.39, 0.29) is 23.4 Å². The van der Waals surface area contributed by atoms with Crippen molar-refractivity contribution in [2.75, 3.05) is 40.3 Å². The standard InChI is InChI=1S/C39H70FN7O/c1-7-10-20-32(34(47-25-23-46(6)24-26-47)27-33(43-5)29(4)16-8-2)45-38(48)35(37(41)42)36-39(21-9-3,22-15-19-31(40)28-44-36)30-17-13-11-12-14-18-30/h15,19,29-30,32,34-37H,7-14,16-18,20-27,41-42H2,1-6H3,(H,45,48). The van der Waals surface area contributed by atoms with Crippen LogP contribution in [0.1, 0.15) is 124 Å². The van der Waals surface area contributed by atoms with Gasteiger partial charge < -0.3 is 21.7 Å². The van der Waals surface area contributed by atoms with Crippen molar-refractivity contribution in [3.63, 3.8) is 0 Å². The number of hydrogen-bond acceptors (Lipinski definition) is 7. The average molecular weight is 672 g/mol. The molecule has 0 aromatic rings. The number of unbranched alkanes of at least 4 members (excludes halogenated alkanes) is 1. The second kappa shape index (κ2) is 20.7. The molecule has 6 unspecified atom stereocenters. The van der Waals surface area contributed by atoms with Gasteiger partial charge in [-0.25, -0.2) is 4.99 Å². The zero-order valence-electron chi connectivity index (χ0n) is 31.4. The zero-order valence-corrected chi connectivity index (χ0v) is 31.4. The van der Waals surface area contributed by atoms with Crippen LogP contribution in [0.4, 0.5) is 4.39 Å². The van der Waals surface area contributed by atoms with Crippen LogP contribution in [0.15, 0.2) is 28.0 Å². The normalized spacial score (nSPS) is 26.3. The quantitative estimate of drug-likeness (QED) is 0.0912. The predicted molar refractivity (Wildman–Crippen MR) is 200 cm³/mol. The van der Waals surface area contributed by atoms with Crippen molar-refractivity contribution in [1.82, 2.24) is 15.1 Å². The van der Waals surface area contributed by atoms with E-state index in [0.29, 0.717) is 18.3 Å². The fourth-order valence-corrected chi connectivity index (χ4v) is 9.02. The summed E-state index contributed by atoms with van der Waals surface area (Å²) in [5.41, 5.74) is 14.1. The highest BCUT2D eigenvalue weighted by atomic mass is 19.1. The van der Waals surface area contributed by atoms with E-state index in [1.165, 1.54) is 24.6 Å². The van der Waals surface area contributed by atoms with Crippen LogP contribution < -0.4 is 16.8 Å². The smallest absolute Gasteiger partial charge is 0.228 e. The van der Waals surface area contributed by atoms with E-state index in [1.54, 1.807) is 0 Å². The molecule has 0 radical (unpaired) electrons. The van der Waals surface area contributed by atoms with Gasteiger partial charge in [0.15, 0.2) is 5.83 Å². The molecule has 274 valence electrons. The molecule has 8 nitrogen and oxygen atoms in total. The summed E-state index contributed by atoms with van der Waals surface area (Å²) in [6.45, 7) is 12.8. The van der Waals surface area contributed by atoms with Gasteiger partial charge in [-0.05, 0) is 63.5 Å². The van der Waals surface area contributed by atoms with Crippen molar-refractivity contribution in [3.8, 4) is 0 Å². The molecule has 5 N–H and O–H groups in total. The molecule has 9 heteroatoms. The Balaban J connectivity index is 2.07. The largest absolute Gasteiger partial charge is 0.351 e. The molecule has 48 heavy (non-hydrogen) atoms. The Morgan fingerprint density at radius 1 is 1.08 bits per heavy atom. The summed E-state index contributed by atoms with van der Waals surface area (Å²) in [7, 11) is 4.09. The molecule has 1 saturated carbocycles. The molecule has 2 fully saturated rings. The maximum absolute atomic E-state index is 14.9. The van der Waals surface area contributed by atoms with Gasteiger partial charge in [0.1, 0.15) is 0 Å². The summed E-state index contributed by atoms with van der Waals surface area (Å²) in [4.78, 5) is 29.5. The number of halogens is 1. The molecule has 0 aromatic carbocycles. The van der Waals surface area contributed by atoms with E-state index in [9.17, 15) is 9.18 Å². The Labute approximate surface area is 292 Å². The van der Waals surface area contributed by atoms with Crippen LogP contribution in [0.25, 0.3) is 0 Å². The monoisotopic (exact) mass is 672 g/mol. The lowest BCUT2D eigenvalue weighted by Crippen LogP contribution is -2.62. The van der Waals surface area contributed by atoms with Gasteiger partial charge in [0.25, 0.3) is 0 Å². The summed E-state index contributed by atoms with van der Waals surface area (Å²) >= 11 is 0. The number of rotatable bonds is 17. The van der Waals surface area contributed by atoms with Crippen LogP contribution in [0, 0.1) is 23.2 Å². The van der Waals surface area contributed by atoms with E-state index in [0.717, 1.165) is 103 Å². The SMILES string of the molecule is CCCCC(NC(=O)C(C(N)N)C1N=C=C(F)C=CCC1(CCC)C1CCCCCC1)C(CC(=NC)C(C)CCC)N1CCN(C)CC1. The van der Waals surface area contributed by atoms with Crippen molar-refractivity contribution >= 4 is 17.5 Å². The lowest BCUT2D eigenvalue weighted by Gasteiger charge is -2.48. The number of carbonyl (C=O) groups excluding carboxylic acids is 1. The minimum Gasteiger partial charge on any atom is -0.351 e. The number of aliphatic imine (C=N–C) groups is 2. The molecule has 3 aliphatic rings. The number of nitrogens with two attached hydrogens (primary N) is 2. The lowest BCUT2D eigenvalue weighted by molar-refractivity contribution is -0.129. The van der Waals surface area contributed by atoms with Crippen LogP contribution in [-0.2, 0) is 4.79 Å². The maximum atomic E-state index is 14.9. The Hall–Kier alpha value is -1.90. The Bertz CT molecular complexity index is 1090. The predicted octanol–water partition coefficient (Wildman–Crippen LogP) is 6.64. The van der Waals surface area contributed by atoms with E-state index in [2.05, 4.69) is 55.7 Å². The fourth-order valence-electron chi connectivity index (χ4n) is 9.02. The van der Waals surface area contributed by atoms with Gasteiger partial charge in [-0.1, -0.05) is 85.1 Å². The molecule has 1 aliphatic carbocycles. The number of allylic oxidation sites excluding steroid dienone is 3. The third-order valence-corrected chi connectivity index (χ3v) is 11.8. The van der Waals surface area contributed by atoms with E-state index in [1.807, 2.05) is 13.1 Å². The molecule has 6 atom stereocenters. The minimum absolute atomic E-state index is 0.101. The van der Waals surface area contributed by atoms with Gasteiger partial charge in [0.05, 0.1) is 18.1 Å². The third kappa shape index (κ3) is 11.1. The van der Waals surface area contributed by atoms with Crippen molar-refractivity contribution in [2.24, 2.45) is 44.6 Å². The lowest BCUT2D eigenvalue weighted by atomic mass is 9.59. The van der Waals surface area contributed by atoms with Crippen LogP contribution in [0.2, 0.25) is 0 Å². The van der Waals surface area contributed by atoms with Gasteiger partial charge in [-0.15, -0.1) is 0 Å². The minimum atomic E-state index is -0.944. The molecule has 0 spiro atoms. The van der Waals surface area contributed by atoms with Crippen LogP contribution in [-0.4, -0.2) is 91.9 Å². The van der Waals surface area contributed by atoms with E-state index < -0.39 is 24.0 Å². The van der Waals surface area contributed by atoms with Crippen molar-refractivity contribution in [1.29, 1.82) is 0 Å². The number of nitrogens with one attached hydrogen (secondary N) is 1. The van der Waals surface area contributed by atoms with Crippen LogP contribution >= 0.6 is 0 Å². The molecular formula is C39H70FN7O. The number of nitrogens with zero attached hydrogens (tertiary/aromatic N) is 4. The van der Waals surface area contributed by atoms with Gasteiger partial charge in [0, 0.05) is 68.7 Å². The highest BCUT2D eigenvalue weighted by Crippen LogP contribution is 2.50. The van der Waals surface area contributed by atoms with Crippen molar-refractivity contribution < 1.29 is 9.18 Å². The Morgan fingerprint density at radius 3 is 2.35 bits per heavy atom. The first-order chi connectivity index (χ1) is 23.1. The number of likely N-dealkylation sites (N-methyl/N-ethyl adjacent to an activating group) is 1. The summed E-state index contributed by atoms with van der Waals surface area (Å²) in [5.74, 6) is 1.95. The molecule has 2 aliphatic heterocycles. The summed E-state index contributed by atoms with van der Waals surface area (Å²) < 4.78 is 14.8. The topological polar surface area (TPSA) is 112 Å². The van der Waals surface area contributed by atoms with E-state index in [4.69, 9.17) is 21.5 Å². The van der Waals surface area contributed by atoms with Crippen LogP contribution in [0.3, 0.4) is 0 Å². The third-order valence-electron chi connectivity index (χ3n) is 11.8. The molecule has 0 aromatic heterocycles. The Morgan fingerprint density at radius 2 is 1.77 bits per heavy atom. The first-order valence-corrected chi connectivity index (χ1v) is 19.5. The summed E-state index contributed by atoms with van der Waals surface area (Å²) in [6, 6.07) is -0.566. The molecular weight excluding hydrogens is 601 g/mol. The molecule has 1 amide bonds. The number of carbonyl (C=O) groups is 1. The van der Waals surface area contributed by atoms with Gasteiger partial charge in [0.2, 0.25) is 5.91 Å². The highest BCUT2D eigenvalue weighted by Gasteiger charge is 2.51. The first-order valence-electron chi connectivity index (χ1n) is 19.5. The zero-order chi connectivity index (χ0) is 35.1. The van der Waals surface area contributed by atoms with Gasteiger partial charge in [-0.3, -0.25) is 14.7 Å². The van der Waals surface area contributed by atoms with Gasteiger partial charge in [-0.2, -0.15) is 4.39 Å². The number of hydrogen-bond donors (Lipinski definition) is 3. The molecule has 0 bridgehead atoms. The molecule has 2 heterocycles. The van der Waals surface area contributed by atoms with Crippen molar-refractivity contribution in [3.05, 3.63) is 18.0 Å². The van der Waals surface area contributed by atoms with Crippen LogP contribution in [0.5, 0.6) is 0 Å². The second-order valence-corrected chi connectivity index (χ2v) is 15.2. The summed E-state index contributed by atoms with van der Waals surface area (Å²) in [5, 5.41) is 3.57. The second-order valence-electron chi connectivity index (χ2n) is 15.2. The maximum Gasteiger partial charge on any atom is 0.228 e. The first kappa shape index (κ1) is 40.5. The number of amides is 1. The van der Waals surface area contributed by atoms with Crippen molar-refractivity contribution in [2.45, 2.75) is 148 Å². The number of piperazine rings is 1. The molecule has 3 rings (SSSR count). The summed E-state index contributed by atoms with van der Waals surface area (Å²) in [6.07, 6.45) is 17.8. The van der Waals surface area contributed by atoms with E-state index >= 15 is 0 Å². The highest BCUT2D eigenvalue weighted by molar-refractivity contribution is 5.87. The Kier molecular flexibility index (Phi) is 17.5. The fraction of sp³-hybridized carbons (Fsp3) is 0.846. The van der Waals surface area contributed by atoms with Gasteiger partial charge >= 0.3 is 0 Å².